The maximum absolute atomic E-state index is 13.1. The molecule has 2 aliphatic heterocycles. The molecule has 0 spiro atoms. The molecule has 0 aromatic rings. The topological polar surface area (TPSA) is 82.4 Å². The van der Waals surface area contributed by atoms with Crippen LogP contribution in [-0.2, 0) is 9.53 Å². The first-order valence-electron chi connectivity index (χ1n) is 4.77. The van der Waals surface area contributed by atoms with Gasteiger partial charge in [0.05, 0.1) is 18.6 Å². The molecule has 2 rings (SSSR count). The van der Waals surface area contributed by atoms with E-state index in [2.05, 4.69) is 5.32 Å². The van der Waals surface area contributed by atoms with Crippen molar-refractivity contribution in [1.29, 1.82) is 5.41 Å². The third kappa shape index (κ3) is 2.11. The van der Waals surface area contributed by atoms with Gasteiger partial charge in [-0.25, -0.2) is 4.39 Å². The van der Waals surface area contributed by atoms with Crippen molar-refractivity contribution < 1.29 is 19.0 Å². The van der Waals surface area contributed by atoms with Gasteiger partial charge in [-0.15, -0.1) is 11.8 Å². The van der Waals surface area contributed by atoms with Gasteiger partial charge in [-0.1, -0.05) is 0 Å². The standard InChI is InChI=1S/C9H11FN2O3S/c10-5-1-4(9(14)12-8(5)11)6-3-16-7(2-13)15-6/h1,4,6-7,13H,2-3H2,(H2,11,12,14)/t4?,6-,7+/m0/s1. The van der Waals surface area contributed by atoms with Gasteiger partial charge in [0.15, 0.2) is 11.7 Å². The van der Waals surface area contributed by atoms with Crippen LogP contribution >= 0.6 is 11.8 Å². The maximum atomic E-state index is 13.1. The Balaban J connectivity index is 2.10. The number of hydrogen-bond donors (Lipinski definition) is 3. The molecular formula is C9H11FN2O3S. The average Bonchev–Trinajstić information content (AvgIpc) is 2.71. The van der Waals surface area contributed by atoms with Crippen LogP contribution < -0.4 is 5.32 Å². The highest BCUT2D eigenvalue weighted by molar-refractivity contribution is 8.00. The van der Waals surface area contributed by atoms with E-state index in [0.29, 0.717) is 5.75 Å². The monoisotopic (exact) mass is 246 g/mol. The van der Waals surface area contributed by atoms with Gasteiger partial charge in [-0.2, -0.15) is 0 Å². The minimum Gasteiger partial charge on any atom is -0.393 e. The Bertz CT molecular complexity index is 361. The number of rotatable bonds is 2. The highest BCUT2D eigenvalue weighted by Crippen LogP contribution is 2.31. The lowest BCUT2D eigenvalue weighted by atomic mass is 9.99. The van der Waals surface area contributed by atoms with Gasteiger partial charge in [0, 0.05) is 5.75 Å². The minimum atomic E-state index is -0.745. The van der Waals surface area contributed by atoms with Crippen molar-refractivity contribution in [2.24, 2.45) is 5.92 Å². The Morgan fingerprint density at radius 2 is 2.50 bits per heavy atom. The van der Waals surface area contributed by atoms with E-state index in [4.69, 9.17) is 15.3 Å². The molecule has 7 heteroatoms. The van der Waals surface area contributed by atoms with Crippen LogP contribution in [0.4, 0.5) is 4.39 Å². The molecule has 1 amide bonds. The van der Waals surface area contributed by atoms with Crippen LogP contribution in [0.5, 0.6) is 0 Å². The smallest absolute Gasteiger partial charge is 0.235 e. The Hall–Kier alpha value is -0.920. The van der Waals surface area contributed by atoms with Crippen molar-refractivity contribution in [3.05, 3.63) is 11.9 Å². The number of aliphatic hydroxyl groups excluding tert-OH is 1. The molecule has 3 atom stereocenters. The van der Waals surface area contributed by atoms with Gasteiger partial charge in [0.2, 0.25) is 5.91 Å². The Kier molecular flexibility index (Phi) is 3.27. The maximum Gasteiger partial charge on any atom is 0.235 e. The summed E-state index contributed by atoms with van der Waals surface area (Å²) in [5.41, 5.74) is -0.351. The van der Waals surface area contributed by atoms with Crippen molar-refractivity contribution in [2.45, 2.75) is 11.5 Å². The van der Waals surface area contributed by atoms with Crippen LogP contribution in [0.2, 0.25) is 0 Å². The third-order valence-electron chi connectivity index (χ3n) is 2.44. The fourth-order valence-electron chi connectivity index (χ4n) is 1.62. The second-order valence-electron chi connectivity index (χ2n) is 3.52. The minimum absolute atomic E-state index is 0.127. The molecule has 0 radical (unpaired) electrons. The van der Waals surface area contributed by atoms with E-state index in [1.807, 2.05) is 0 Å². The Labute approximate surface area is 95.6 Å². The highest BCUT2D eigenvalue weighted by atomic mass is 32.2. The predicted octanol–water partition coefficient (Wildman–Crippen LogP) is 0.0135. The molecule has 88 valence electrons. The molecule has 1 fully saturated rings. The van der Waals surface area contributed by atoms with Gasteiger partial charge in [0.1, 0.15) is 5.44 Å². The molecule has 2 heterocycles. The number of thioether (sulfide) groups is 1. The molecule has 1 saturated heterocycles. The summed E-state index contributed by atoms with van der Waals surface area (Å²) in [4.78, 5) is 11.5. The SMILES string of the molecule is N=C1NC(=O)C([C@@H]2CS[C@H](CO)O2)C=C1F. The molecule has 0 aromatic carbocycles. The Morgan fingerprint density at radius 1 is 1.75 bits per heavy atom. The van der Waals surface area contributed by atoms with Crippen molar-refractivity contribution in [3.8, 4) is 0 Å². The second kappa shape index (κ2) is 4.52. The van der Waals surface area contributed by atoms with E-state index < -0.39 is 29.6 Å². The number of aliphatic hydroxyl groups is 1. The van der Waals surface area contributed by atoms with Gasteiger partial charge in [0.25, 0.3) is 0 Å². The third-order valence-corrected chi connectivity index (χ3v) is 3.59. The number of carbonyl (C=O) groups is 1. The molecule has 5 nitrogen and oxygen atoms in total. The van der Waals surface area contributed by atoms with Crippen LogP contribution in [0.3, 0.4) is 0 Å². The molecule has 0 aromatic heterocycles. The van der Waals surface area contributed by atoms with Crippen molar-refractivity contribution in [3.63, 3.8) is 0 Å². The average molecular weight is 246 g/mol. The van der Waals surface area contributed by atoms with E-state index in [9.17, 15) is 9.18 Å². The van der Waals surface area contributed by atoms with Crippen LogP contribution in [0.1, 0.15) is 0 Å². The van der Waals surface area contributed by atoms with E-state index in [0.717, 1.165) is 6.08 Å². The summed E-state index contributed by atoms with van der Waals surface area (Å²) in [6, 6.07) is 0. The van der Waals surface area contributed by atoms with E-state index in [-0.39, 0.29) is 12.0 Å². The number of amides is 1. The number of hydrogen-bond acceptors (Lipinski definition) is 5. The summed E-state index contributed by atoms with van der Waals surface area (Å²) in [5.74, 6) is -1.88. The molecular weight excluding hydrogens is 235 g/mol. The van der Waals surface area contributed by atoms with E-state index >= 15 is 0 Å². The normalized spacial score (nSPS) is 34.9. The number of halogens is 1. The zero-order chi connectivity index (χ0) is 11.7. The predicted molar refractivity (Wildman–Crippen MR) is 56.8 cm³/mol. The summed E-state index contributed by atoms with van der Waals surface area (Å²) >= 11 is 1.39. The molecule has 0 aliphatic carbocycles. The van der Waals surface area contributed by atoms with Gasteiger partial charge in [-0.3, -0.25) is 10.2 Å². The van der Waals surface area contributed by atoms with E-state index in [1.165, 1.54) is 11.8 Å². The largest absolute Gasteiger partial charge is 0.393 e. The Morgan fingerprint density at radius 3 is 3.12 bits per heavy atom. The summed E-state index contributed by atoms with van der Waals surface area (Å²) in [5, 5.41) is 18.1. The zero-order valence-electron chi connectivity index (χ0n) is 8.27. The summed E-state index contributed by atoms with van der Waals surface area (Å²) in [7, 11) is 0. The quantitative estimate of drug-likeness (QED) is 0.641. The first-order valence-corrected chi connectivity index (χ1v) is 5.81. The fourth-order valence-corrected chi connectivity index (χ4v) is 2.64. The van der Waals surface area contributed by atoms with Crippen molar-refractivity contribution in [2.75, 3.05) is 12.4 Å². The van der Waals surface area contributed by atoms with Gasteiger partial charge in [-0.05, 0) is 6.08 Å². The zero-order valence-corrected chi connectivity index (χ0v) is 9.09. The summed E-state index contributed by atoms with van der Waals surface area (Å²) in [6.45, 7) is -0.127. The van der Waals surface area contributed by atoms with Crippen molar-refractivity contribution in [1.82, 2.24) is 5.32 Å². The highest BCUT2D eigenvalue weighted by Gasteiger charge is 2.38. The fraction of sp³-hybridized carbons (Fsp3) is 0.556. The molecule has 0 saturated carbocycles. The molecule has 2 aliphatic rings. The number of carbonyl (C=O) groups excluding carboxylic acids is 1. The molecule has 16 heavy (non-hydrogen) atoms. The number of amidine groups is 1. The summed E-state index contributed by atoms with van der Waals surface area (Å²) in [6.07, 6.45) is 0.660. The second-order valence-corrected chi connectivity index (χ2v) is 4.72. The van der Waals surface area contributed by atoms with Crippen molar-refractivity contribution >= 4 is 23.5 Å². The first kappa shape index (κ1) is 11.6. The number of nitrogens with one attached hydrogen (secondary N) is 2. The first-order chi connectivity index (χ1) is 7.61. The van der Waals surface area contributed by atoms with Gasteiger partial charge >= 0.3 is 0 Å². The van der Waals surface area contributed by atoms with Crippen LogP contribution in [0.15, 0.2) is 11.9 Å². The summed E-state index contributed by atoms with van der Waals surface area (Å²) < 4.78 is 18.5. The van der Waals surface area contributed by atoms with E-state index in [1.54, 1.807) is 0 Å². The lowest BCUT2D eigenvalue weighted by Crippen LogP contribution is -2.44. The van der Waals surface area contributed by atoms with Crippen LogP contribution in [0, 0.1) is 11.3 Å². The lowest BCUT2D eigenvalue weighted by Gasteiger charge is -2.23. The molecule has 3 N–H and O–H groups in total. The number of ether oxygens (including phenoxy) is 1. The molecule has 1 unspecified atom stereocenters. The van der Waals surface area contributed by atoms with Crippen LogP contribution in [-0.4, -0.2) is 40.7 Å². The lowest BCUT2D eigenvalue weighted by molar-refractivity contribution is -0.126. The molecule has 0 bridgehead atoms. The van der Waals surface area contributed by atoms with Crippen LogP contribution in [0.25, 0.3) is 0 Å². The van der Waals surface area contributed by atoms with Gasteiger partial charge < -0.3 is 15.2 Å².